The van der Waals surface area contributed by atoms with Crippen molar-refractivity contribution >= 4 is 21.6 Å². The normalized spacial score (nSPS) is 20.1. The fourth-order valence-electron chi connectivity index (χ4n) is 2.11. The van der Waals surface area contributed by atoms with E-state index in [1.807, 2.05) is 0 Å². The second-order valence-corrected chi connectivity index (χ2v) is 7.25. The van der Waals surface area contributed by atoms with E-state index in [1.165, 1.54) is 4.31 Å². The molecule has 1 fully saturated rings. The van der Waals surface area contributed by atoms with Crippen LogP contribution in [0.15, 0.2) is 24.3 Å². The number of likely N-dealkylation sites (N-methyl/N-ethyl adjacent to an activating group) is 1. The van der Waals surface area contributed by atoms with Gasteiger partial charge in [-0.1, -0.05) is 29.8 Å². The van der Waals surface area contributed by atoms with E-state index in [-0.39, 0.29) is 11.9 Å². The number of sulfonamides is 1. The predicted molar refractivity (Wildman–Crippen MR) is 75.7 cm³/mol. The minimum Gasteiger partial charge on any atom is -0.377 e. The van der Waals surface area contributed by atoms with Crippen molar-refractivity contribution in [2.45, 2.75) is 24.7 Å². The van der Waals surface area contributed by atoms with Crippen molar-refractivity contribution in [3.63, 3.8) is 0 Å². The quantitative estimate of drug-likeness (QED) is 0.838. The van der Waals surface area contributed by atoms with Crippen LogP contribution in [0.1, 0.15) is 18.4 Å². The second kappa shape index (κ2) is 6.22. The molecule has 1 heterocycles. The summed E-state index contributed by atoms with van der Waals surface area (Å²) in [6.45, 7) is 1.13. The minimum atomic E-state index is -3.35. The van der Waals surface area contributed by atoms with Crippen LogP contribution in [-0.2, 0) is 20.5 Å². The molecular formula is C13H18ClNO3S. The van der Waals surface area contributed by atoms with Crippen molar-refractivity contribution in [3.05, 3.63) is 34.9 Å². The van der Waals surface area contributed by atoms with Crippen LogP contribution < -0.4 is 0 Å². The Hall–Kier alpha value is -0.620. The van der Waals surface area contributed by atoms with Gasteiger partial charge in [-0.2, -0.15) is 0 Å². The Balaban J connectivity index is 2.03. The van der Waals surface area contributed by atoms with Crippen LogP contribution in [0.3, 0.4) is 0 Å². The Morgan fingerprint density at radius 2 is 2.16 bits per heavy atom. The molecule has 1 aliphatic heterocycles. The van der Waals surface area contributed by atoms with Crippen molar-refractivity contribution in [1.82, 2.24) is 4.31 Å². The minimum absolute atomic E-state index is 0.0195. The highest BCUT2D eigenvalue weighted by atomic mass is 35.5. The number of nitrogens with zero attached hydrogens (tertiary/aromatic N) is 1. The number of rotatable bonds is 5. The third-order valence-corrected chi connectivity index (χ3v) is 5.40. The maximum atomic E-state index is 12.3. The number of hydrogen-bond donors (Lipinski definition) is 0. The van der Waals surface area contributed by atoms with Crippen LogP contribution >= 0.6 is 11.6 Å². The molecule has 0 saturated carbocycles. The summed E-state index contributed by atoms with van der Waals surface area (Å²) in [4.78, 5) is 0. The first-order valence-corrected chi connectivity index (χ1v) is 8.27. The molecule has 1 aliphatic rings. The van der Waals surface area contributed by atoms with Crippen LogP contribution in [0.25, 0.3) is 0 Å². The van der Waals surface area contributed by atoms with Gasteiger partial charge in [0.1, 0.15) is 0 Å². The second-order valence-electron chi connectivity index (χ2n) is 4.76. The molecule has 1 aromatic carbocycles. The molecule has 1 saturated heterocycles. The van der Waals surface area contributed by atoms with Gasteiger partial charge in [0.05, 0.1) is 11.9 Å². The average Bonchev–Trinajstić information content (AvgIpc) is 2.84. The van der Waals surface area contributed by atoms with Crippen molar-refractivity contribution in [1.29, 1.82) is 0 Å². The van der Waals surface area contributed by atoms with Crippen LogP contribution in [-0.4, -0.2) is 39.0 Å². The SMILES string of the molecule is CN(CC1CCCO1)S(=O)(=O)Cc1ccccc1Cl. The number of hydrogen-bond acceptors (Lipinski definition) is 3. The van der Waals surface area contributed by atoms with E-state index in [0.29, 0.717) is 17.1 Å². The lowest BCUT2D eigenvalue weighted by Gasteiger charge is -2.20. The Bertz CT molecular complexity index is 526. The summed E-state index contributed by atoms with van der Waals surface area (Å²) in [7, 11) is -1.76. The first-order valence-electron chi connectivity index (χ1n) is 6.28. The predicted octanol–water partition coefficient (Wildman–Crippen LogP) is 2.28. The standard InChI is InChI=1S/C13H18ClNO3S/c1-15(9-12-6-4-8-18-12)19(16,17)10-11-5-2-3-7-13(11)14/h2-3,5,7,12H,4,6,8-10H2,1H3. The molecule has 1 atom stereocenters. The largest absolute Gasteiger partial charge is 0.377 e. The van der Waals surface area contributed by atoms with Gasteiger partial charge in [-0.05, 0) is 24.5 Å². The summed E-state index contributed by atoms with van der Waals surface area (Å²) >= 11 is 6.00. The molecule has 0 spiro atoms. The van der Waals surface area contributed by atoms with Gasteiger partial charge in [0.25, 0.3) is 0 Å². The number of halogens is 1. The maximum Gasteiger partial charge on any atom is 0.218 e. The maximum absolute atomic E-state index is 12.3. The molecule has 0 aliphatic carbocycles. The van der Waals surface area contributed by atoms with Gasteiger partial charge < -0.3 is 4.74 Å². The molecule has 0 bridgehead atoms. The zero-order chi connectivity index (χ0) is 13.9. The van der Waals surface area contributed by atoms with Gasteiger partial charge in [0.2, 0.25) is 10.0 Å². The van der Waals surface area contributed by atoms with E-state index in [9.17, 15) is 8.42 Å². The molecule has 2 rings (SSSR count). The molecule has 0 N–H and O–H groups in total. The van der Waals surface area contributed by atoms with Crippen LogP contribution in [0.4, 0.5) is 0 Å². The monoisotopic (exact) mass is 303 g/mol. The molecule has 0 amide bonds. The topological polar surface area (TPSA) is 46.6 Å². The molecule has 19 heavy (non-hydrogen) atoms. The van der Waals surface area contributed by atoms with Gasteiger partial charge in [0.15, 0.2) is 0 Å². The van der Waals surface area contributed by atoms with Gasteiger partial charge in [-0.3, -0.25) is 0 Å². The lowest BCUT2D eigenvalue weighted by Crippen LogP contribution is -2.34. The highest BCUT2D eigenvalue weighted by Crippen LogP contribution is 2.20. The van der Waals surface area contributed by atoms with E-state index in [0.717, 1.165) is 19.4 Å². The van der Waals surface area contributed by atoms with Crippen molar-refractivity contribution in [2.75, 3.05) is 20.2 Å². The highest BCUT2D eigenvalue weighted by Gasteiger charge is 2.25. The Morgan fingerprint density at radius 1 is 1.42 bits per heavy atom. The van der Waals surface area contributed by atoms with E-state index in [4.69, 9.17) is 16.3 Å². The van der Waals surface area contributed by atoms with E-state index < -0.39 is 10.0 Å². The Kier molecular flexibility index (Phi) is 4.84. The summed E-state index contributed by atoms with van der Waals surface area (Å²) in [5, 5.41) is 0.483. The zero-order valence-electron chi connectivity index (χ0n) is 10.9. The van der Waals surface area contributed by atoms with E-state index >= 15 is 0 Å². The first-order chi connectivity index (χ1) is 8.99. The number of benzene rings is 1. The molecule has 1 aromatic rings. The molecular weight excluding hydrogens is 286 g/mol. The first kappa shape index (κ1) is 14.8. The molecule has 6 heteroatoms. The molecule has 4 nitrogen and oxygen atoms in total. The third-order valence-electron chi connectivity index (χ3n) is 3.26. The zero-order valence-corrected chi connectivity index (χ0v) is 12.5. The summed E-state index contributed by atoms with van der Waals surface area (Å²) in [5.41, 5.74) is 0.628. The Morgan fingerprint density at radius 3 is 2.79 bits per heavy atom. The third kappa shape index (κ3) is 3.92. The van der Waals surface area contributed by atoms with Gasteiger partial charge in [-0.15, -0.1) is 0 Å². The van der Waals surface area contributed by atoms with Crippen molar-refractivity contribution in [3.8, 4) is 0 Å². The lowest BCUT2D eigenvalue weighted by atomic mass is 10.2. The van der Waals surface area contributed by atoms with Crippen molar-refractivity contribution < 1.29 is 13.2 Å². The van der Waals surface area contributed by atoms with Crippen LogP contribution in [0.2, 0.25) is 5.02 Å². The average molecular weight is 304 g/mol. The summed E-state index contributed by atoms with van der Waals surface area (Å²) in [6.07, 6.45) is 1.95. The number of ether oxygens (including phenoxy) is 1. The molecule has 106 valence electrons. The molecule has 1 unspecified atom stereocenters. The van der Waals surface area contributed by atoms with Crippen molar-refractivity contribution in [2.24, 2.45) is 0 Å². The lowest BCUT2D eigenvalue weighted by molar-refractivity contribution is 0.0978. The Labute approximate surface area is 119 Å². The van der Waals surface area contributed by atoms with E-state index in [1.54, 1.807) is 31.3 Å². The fourth-order valence-corrected chi connectivity index (χ4v) is 3.65. The molecule has 0 radical (unpaired) electrons. The molecule has 0 aromatic heterocycles. The van der Waals surface area contributed by atoms with Gasteiger partial charge in [-0.25, -0.2) is 12.7 Å². The smallest absolute Gasteiger partial charge is 0.218 e. The van der Waals surface area contributed by atoms with Crippen LogP contribution in [0.5, 0.6) is 0 Å². The van der Waals surface area contributed by atoms with Gasteiger partial charge >= 0.3 is 0 Å². The summed E-state index contributed by atoms with van der Waals surface area (Å²) in [5.74, 6) is -0.0735. The van der Waals surface area contributed by atoms with Crippen LogP contribution in [0, 0.1) is 0 Å². The van der Waals surface area contributed by atoms with E-state index in [2.05, 4.69) is 0 Å². The highest BCUT2D eigenvalue weighted by molar-refractivity contribution is 7.88. The summed E-state index contributed by atoms with van der Waals surface area (Å²) in [6, 6.07) is 7.01. The fraction of sp³-hybridized carbons (Fsp3) is 0.538. The van der Waals surface area contributed by atoms with Gasteiger partial charge in [0, 0.05) is 25.2 Å². The summed E-state index contributed by atoms with van der Waals surface area (Å²) < 4.78 is 31.3.